The number of halogens is 3. The van der Waals surface area contributed by atoms with E-state index in [4.69, 9.17) is 42.1 Å². The fourth-order valence-electron chi connectivity index (χ4n) is 4.00. The highest BCUT2D eigenvalue weighted by atomic mass is 79.9. The highest BCUT2D eigenvalue weighted by molar-refractivity contribution is 9.10. The number of carbonyl (C=O) groups is 3. The van der Waals surface area contributed by atoms with Crippen molar-refractivity contribution in [3.05, 3.63) is 79.1 Å². The molecule has 3 aromatic carbocycles. The predicted octanol–water partition coefficient (Wildman–Crippen LogP) is 6.79. The summed E-state index contributed by atoms with van der Waals surface area (Å²) < 4.78 is 23.0. The fraction of sp³-hybridized carbons (Fsp3) is 0.179. The highest BCUT2D eigenvalue weighted by Gasteiger charge is 2.36. The summed E-state index contributed by atoms with van der Waals surface area (Å²) in [6.45, 7) is 0.581. The van der Waals surface area contributed by atoms with E-state index in [0.717, 1.165) is 22.2 Å². The normalized spacial score (nSPS) is 15.3. The zero-order valence-electron chi connectivity index (χ0n) is 21.4. The van der Waals surface area contributed by atoms with Gasteiger partial charge in [0.15, 0.2) is 23.0 Å². The number of fused-ring (bicyclic) bond motifs is 1. The number of hydrogen-bond acceptors (Lipinski definition) is 8. The van der Waals surface area contributed by atoms with Gasteiger partial charge >= 0.3 is 0 Å². The maximum absolute atomic E-state index is 13.0. The first-order valence-corrected chi connectivity index (χ1v) is 14.5. The number of hydrogen-bond donors (Lipinski definition) is 1. The number of benzene rings is 3. The molecule has 3 aromatic rings. The van der Waals surface area contributed by atoms with Crippen LogP contribution < -0.4 is 24.3 Å². The molecule has 1 N–H and O–H groups in total. The molecule has 0 unspecified atom stereocenters. The standard InChI is InChI=1S/C28H21BrCl2N2O7S/c1-37-23-9-15(8-19(29)26(23)40-14-16-2-3-17(30)11-20(16)31)10-24-27(35)33(28(36)41-24)13-25(34)32-18-4-5-21-22(12-18)39-7-6-38-21/h2-5,8-12H,6-7,13-14H2,1H3,(H,32,34)/b24-10+. The van der Waals surface area contributed by atoms with E-state index in [0.29, 0.717) is 62.0 Å². The quantitative estimate of drug-likeness (QED) is 0.260. The number of nitrogens with one attached hydrogen (secondary N) is 1. The van der Waals surface area contributed by atoms with Crippen molar-refractivity contribution in [1.82, 2.24) is 4.90 Å². The smallest absolute Gasteiger partial charge is 0.294 e. The van der Waals surface area contributed by atoms with Crippen molar-refractivity contribution in [2.45, 2.75) is 6.61 Å². The number of carbonyl (C=O) groups excluding carboxylic acids is 3. The molecule has 0 spiro atoms. The first-order valence-electron chi connectivity index (χ1n) is 12.1. The van der Waals surface area contributed by atoms with Gasteiger partial charge in [-0.3, -0.25) is 19.3 Å². The van der Waals surface area contributed by atoms with Gasteiger partial charge in [0.1, 0.15) is 26.4 Å². The minimum atomic E-state index is -0.579. The molecule has 1 saturated heterocycles. The van der Waals surface area contributed by atoms with Gasteiger partial charge < -0.3 is 24.3 Å². The molecule has 0 saturated carbocycles. The van der Waals surface area contributed by atoms with Crippen molar-refractivity contribution in [2.24, 2.45) is 0 Å². The average molecular weight is 680 g/mol. The molecule has 0 aromatic heterocycles. The van der Waals surface area contributed by atoms with Gasteiger partial charge in [0.2, 0.25) is 5.91 Å². The maximum atomic E-state index is 13.0. The molecule has 9 nitrogen and oxygen atoms in total. The highest BCUT2D eigenvalue weighted by Crippen LogP contribution is 2.40. The minimum absolute atomic E-state index is 0.164. The van der Waals surface area contributed by atoms with Gasteiger partial charge in [-0.05, 0) is 75.7 Å². The number of ether oxygens (including phenoxy) is 4. The molecule has 212 valence electrons. The van der Waals surface area contributed by atoms with Crippen molar-refractivity contribution in [1.29, 1.82) is 0 Å². The Morgan fingerprint density at radius 3 is 2.63 bits per heavy atom. The van der Waals surface area contributed by atoms with E-state index in [1.807, 2.05) is 0 Å². The van der Waals surface area contributed by atoms with Crippen LogP contribution in [0.2, 0.25) is 10.0 Å². The van der Waals surface area contributed by atoms with Crippen LogP contribution in [0, 0.1) is 0 Å². The second-order valence-corrected chi connectivity index (χ2v) is 11.4. The van der Waals surface area contributed by atoms with Crippen LogP contribution >= 0.6 is 50.9 Å². The van der Waals surface area contributed by atoms with Crippen LogP contribution in [0.1, 0.15) is 11.1 Å². The van der Waals surface area contributed by atoms with Gasteiger partial charge in [-0.15, -0.1) is 0 Å². The van der Waals surface area contributed by atoms with Crippen molar-refractivity contribution >= 4 is 79.7 Å². The van der Waals surface area contributed by atoms with Gasteiger partial charge in [0.25, 0.3) is 11.1 Å². The summed E-state index contributed by atoms with van der Waals surface area (Å²) in [5.41, 5.74) is 1.77. The van der Waals surface area contributed by atoms with Crippen LogP contribution in [-0.4, -0.2) is 48.8 Å². The van der Waals surface area contributed by atoms with Crippen LogP contribution in [0.5, 0.6) is 23.0 Å². The molecule has 2 aliphatic rings. The summed E-state index contributed by atoms with van der Waals surface area (Å²) in [5.74, 6) is 0.810. The van der Waals surface area contributed by atoms with Crippen molar-refractivity contribution in [3.8, 4) is 23.0 Å². The molecule has 1 fully saturated rings. The zero-order chi connectivity index (χ0) is 29.1. The van der Waals surface area contributed by atoms with Crippen LogP contribution in [0.3, 0.4) is 0 Å². The van der Waals surface area contributed by atoms with Crippen molar-refractivity contribution in [2.75, 3.05) is 32.2 Å². The Labute approximate surface area is 257 Å². The third-order valence-electron chi connectivity index (χ3n) is 5.94. The van der Waals surface area contributed by atoms with Crippen LogP contribution in [0.4, 0.5) is 10.5 Å². The van der Waals surface area contributed by atoms with Crippen LogP contribution in [0.25, 0.3) is 6.08 Å². The second-order valence-electron chi connectivity index (χ2n) is 8.73. The third kappa shape index (κ3) is 6.75. The van der Waals surface area contributed by atoms with Gasteiger partial charge in [-0.1, -0.05) is 29.3 Å². The van der Waals surface area contributed by atoms with E-state index in [1.54, 1.807) is 54.6 Å². The number of rotatable bonds is 8. The molecule has 0 atom stereocenters. The van der Waals surface area contributed by atoms with Crippen LogP contribution in [0.15, 0.2) is 57.9 Å². The van der Waals surface area contributed by atoms with Gasteiger partial charge in [-0.2, -0.15) is 0 Å². The number of methoxy groups -OCH3 is 1. The van der Waals surface area contributed by atoms with E-state index in [2.05, 4.69) is 21.2 Å². The number of imide groups is 1. The average Bonchev–Trinajstić information content (AvgIpc) is 3.20. The first-order chi connectivity index (χ1) is 19.7. The van der Waals surface area contributed by atoms with E-state index in [-0.39, 0.29) is 11.5 Å². The molecule has 41 heavy (non-hydrogen) atoms. The van der Waals surface area contributed by atoms with Crippen molar-refractivity contribution in [3.63, 3.8) is 0 Å². The fourth-order valence-corrected chi connectivity index (χ4v) is 5.88. The van der Waals surface area contributed by atoms with Crippen LogP contribution in [-0.2, 0) is 16.2 Å². The summed E-state index contributed by atoms with van der Waals surface area (Å²) in [4.78, 5) is 39.4. The summed E-state index contributed by atoms with van der Waals surface area (Å²) in [7, 11) is 1.49. The van der Waals surface area contributed by atoms with Gasteiger partial charge in [0, 0.05) is 27.4 Å². The minimum Gasteiger partial charge on any atom is -0.493 e. The monoisotopic (exact) mass is 678 g/mol. The molecule has 5 rings (SSSR count). The first kappa shape index (κ1) is 29.1. The lowest BCUT2D eigenvalue weighted by Crippen LogP contribution is -2.36. The largest absolute Gasteiger partial charge is 0.493 e. The van der Waals surface area contributed by atoms with E-state index >= 15 is 0 Å². The number of amides is 3. The Bertz CT molecular complexity index is 1580. The lowest BCUT2D eigenvalue weighted by atomic mass is 10.1. The molecular formula is C28H21BrCl2N2O7S. The summed E-state index contributed by atoms with van der Waals surface area (Å²) in [6, 6.07) is 13.5. The molecule has 0 radical (unpaired) electrons. The molecule has 3 amide bonds. The van der Waals surface area contributed by atoms with E-state index < -0.39 is 23.6 Å². The van der Waals surface area contributed by atoms with Crippen molar-refractivity contribution < 1.29 is 33.3 Å². The lowest BCUT2D eigenvalue weighted by molar-refractivity contribution is -0.127. The molecule has 0 aliphatic carbocycles. The van der Waals surface area contributed by atoms with E-state index in [9.17, 15) is 14.4 Å². The maximum Gasteiger partial charge on any atom is 0.294 e. The number of anilines is 1. The number of nitrogens with zero attached hydrogens (tertiary/aromatic N) is 1. The summed E-state index contributed by atoms with van der Waals surface area (Å²) >= 11 is 16.5. The number of thioether (sulfide) groups is 1. The van der Waals surface area contributed by atoms with E-state index in [1.165, 1.54) is 7.11 Å². The summed E-state index contributed by atoms with van der Waals surface area (Å²) in [5, 5.41) is 3.12. The lowest BCUT2D eigenvalue weighted by Gasteiger charge is -2.19. The SMILES string of the molecule is COc1cc(/C=C2/SC(=O)N(CC(=O)Nc3ccc4c(c3)OCCO4)C2=O)cc(Br)c1OCc1ccc(Cl)cc1Cl. The Morgan fingerprint density at radius 2 is 1.88 bits per heavy atom. The zero-order valence-corrected chi connectivity index (χ0v) is 25.3. The Kier molecular flexibility index (Phi) is 8.98. The second kappa shape index (κ2) is 12.6. The predicted molar refractivity (Wildman–Crippen MR) is 160 cm³/mol. The summed E-state index contributed by atoms with van der Waals surface area (Å²) in [6.07, 6.45) is 1.55. The molecule has 0 bridgehead atoms. The Morgan fingerprint density at radius 1 is 1.10 bits per heavy atom. The van der Waals surface area contributed by atoms with Gasteiger partial charge in [-0.25, -0.2) is 0 Å². The molecular weight excluding hydrogens is 659 g/mol. The Balaban J connectivity index is 1.26. The molecule has 2 aliphatic heterocycles. The third-order valence-corrected chi connectivity index (χ3v) is 8.02. The van der Waals surface area contributed by atoms with Gasteiger partial charge in [0.05, 0.1) is 16.5 Å². The topological polar surface area (TPSA) is 103 Å². The molecule has 2 heterocycles. The molecule has 13 heteroatoms. The Hall–Kier alpha value is -3.38.